The van der Waals surface area contributed by atoms with Gasteiger partial charge in [0.2, 0.25) is 5.89 Å². The van der Waals surface area contributed by atoms with E-state index in [1.807, 2.05) is 48.5 Å². The molecule has 4 nitrogen and oxygen atoms in total. The van der Waals surface area contributed by atoms with Crippen molar-refractivity contribution in [2.45, 2.75) is 0 Å². The predicted octanol–water partition coefficient (Wildman–Crippen LogP) is 6.56. The highest BCUT2D eigenvalue weighted by Crippen LogP contribution is 2.28. The third kappa shape index (κ3) is 3.82. The summed E-state index contributed by atoms with van der Waals surface area (Å²) in [4.78, 5) is 9.04. The van der Waals surface area contributed by atoms with E-state index in [9.17, 15) is 0 Å². The van der Waals surface area contributed by atoms with Crippen LogP contribution in [0, 0.1) is 0 Å². The maximum atomic E-state index is 6.03. The summed E-state index contributed by atoms with van der Waals surface area (Å²) in [5.74, 6) is 1.34. The van der Waals surface area contributed by atoms with Crippen LogP contribution in [0.4, 0.5) is 5.69 Å². The Balaban J connectivity index is 1.61. The SMILES string of the molecule is COc1ccc(-c2nc3cc(N=Cc4ccc(Cl)c(Cl)c4)ccc3o2)cc1. The molecule has 6 heteroatoms. The van der Waals surface area contributed by atoms with Crippen LogP contribution in [0.5, 0.6) is 5.75 Å². The van der Waals surface area contributed by atoms with E-state index in [4.69, 9.17) is 32.4 Å². The lowest BCUT2D eigenvalue weighted by Crippen LogP contribution is -1.82. The second kappa shape index (κ2) is 7.43. The van der Waals surface area contributed by atoms with Crippen molar-refractivity contribution in [1.82, 2.24) is 4.98 Å². The number of rotatable bonds is 4. The van der Waals surface area contributed by atoms with Crippen LogP contribution in [0.1, 0.15) is 5.56 Å². The predicted molar refractivity (Wildman–Crippen MR) is 110 cm³/mol. The van der Waals surface area contributed by atoms with E-state index in [0.717, 1.165) is 28.1 Å². The molecule has 0 atom stereocenters. The molecular formula is C21H14Cl2N2O2. The fourth-order valence-electron chi connectivity index (χ4n) is 2.59. The Kier molecular flexibility index (Phi) is 4.84. The molecule has 0 spiro atoms. The first-order valence-electron chi connectivity index (χ1n) is 8.16. The number of hydrogen-bond acceptors (Lipinski definition) is 4. The molecule has 27 heavy (non-hydrogen) atoms. The molecule has 0 radical (unpaired) electrons. The number of oxazole rings is 1. The molecule has 134 valence electrons. The molecule has 0 amide bonds. The number of fused-ring (bicyclic) bond motifs is 1. The van der Waals surface area contributed by atoms with Crippen LogP contribution in [-0.4, -0.2) is 18.3 Å². The molecule has 0 aliphatic carbocycles. The third-order valence-corrected chi connectivity index (χ3v) is 4.75. The van der Waals surface area contributed by atoms with E-state index < -0.39 is 0 Å². The van der Waals surface area contributed by atoms with Crippen molar-refractivity contribution in [1.29, 1.82) is 0 Å². The second-order valence-corrected chi connectivity index (χ2v) is 6.65. The van der Waals surface area contributed by atoms with Crippen molar-refractivity contribution in [2.24, 2.45) is 4.99 Å². The minimum atomic E-state index is 0.497. The maximum absolute atomic E-state index is 6.03. The number of halogens is 2. The Morgan fingerprint density at radius 3 is 2.52 bits per heavy atom. The van der Waals surface area contributed by atoms with Crippen molar-refractivity contribution in [3.05, 3.63) is 76.3 Å². The summed E-state index contributed by atoms with van der Waals surface area (Å²) in [6.45, 7) is 0. The van der Waals surface area contributed by atoms with Crippen LogP contribution < -0.4 is 4.74 Å². The van der Waals surface area contributed by atoms with Crippen LogP contribution in [0.2, 0.25) is 10.0 Å². The second-order valence-electron chi connectivity index (χ2n) is 5.83. The molecule has 0 fully saturated rings. The number of aromatic nitrogens is 1. The van der Waals surface area contributed by atoms with Gasteiger partial charge in [-0.25, -0.2) is 4.98 Å². The fraction of sp³-hybridized carbons (Fsp3) is 0.0476. The van der Waals surface area contributed by atoms with Gasteiger partial charge in [0.15, 0.2) is 5.58 Å². The zero-order valence-corrected chi connectivity index (χ0v) is 15.8. The summed E-state index contributed by atoms with van der Waals surface area (Å²) in [6.07, 6.45) is 1.73. The topological polar surface area (TPSA) is 47.6 Å². The highest BCUT2D eigenvalue weighted by atomic mass is 35.5. The minimum absolute atomic E-state index is 0.497. The van der Waals surface area contributed by atoms with Gasteiger partial charge in [0, 0.05) is 11.8 Å². The monoisotopic (exact) mass is 396 g/mol. The van der Waals surface area contributed by atoms with Gasteiger partial charge in [0.25, 0.3) is 0 Å². The first-order chi connectivity index (χ1) is 13.1. The molecule has 4 rings (SSSR count). The summed E-state index contributed by atoms with van der Waals surface area (Å²) in [7, 11) is 1.63. The van der Waals surface area contributed by atoms with E-state index in [1.54, 1.807) is 25.5 Å². The van der Waals surface area contributed by atoms with Crippen molar-refractivity contribution >= 4 is 46.2 Å². The van der Waals surface area contributed by atoms with Crippen LogP contribution in [0.15, 0.2) is 70.1 Å². The molecule has 4 aromatic rings. The number of methoxy groups -OCH3 is 1. The molecule has 1 heterocycles. The van der Waals surface area contributed by atoms with Crippen molar-refractivity contribution in [3.8, 4) is 17.2 Å². The zero-order chi connectivity index (χ0) is 18.8. The lowest BCUT2D eigenvalue weighted by atomic mass is 10.2. The lowest BCUT2D eigenvalue weighted by Gasteiger charge is -1.99. The fourth-order valence-corrected chi connectivity index (χ4v) is 2.90. The van der Waals surface area contributed by atoms with Gasteiger partial charge in [-0.05, 0) is 60.2 Å². The van der Waals surface area contributed by atoms with Crippen LogP contribution in [0.25, 0.3) is 22.6 Å². The quantitative estimate of drug-likeness (QED) is 0.367. The number of nitrogens with zero attached hydrogens (tertiary/aromatic N) is 2. The van der Waals surface area contributed by atoms with E-state index in [0.29, 0.717) is 21.5 Å². The molecule has 0 saturated carbocycles. The Hall–Kier alpha value is -2.82. The zero-order valence-electron chi connectivity index (χ0n) is 14.3. The normalized spacial score (nSPS) is 11.4. The number of ether oxygens (including phenoxy) is 1. The van der Waals surface area contributed by atoms with Gasteiger partial charge in [-0.15, -0.1) is 0 Å². The Morgan fingerprint density at radius 2 is 1.78 bits per heavy atom. The highest BCUT2D eigenvalue weighted by Gasteiger charge is 2.09. The van der Waals surface area contributed by atoms with E-state index in [1.165, 1.54) is 0 Å². The summed E-state index contributed by atoms with van der Waals surface area (Å²) in [5.41, 5.74) is 3.96. The van der Waals surface area contributed by atoms with E-state index in [-0.39, 0.29) is 0 Å². The van der Waals surface area contributed by atoms with Crippen LogP contribution in [-0.2, 0) is 0 Å². The number of benzene rings is 3. The Morgan fingerprint density at radius 1 is 0.963 bits per heavy atom. The smallest absolute Gasteiger partial charge is 0.227 e. The molecule has 0 N–H and O–H groups in total. The van der Waals surface area contributed by atoms with E-state index in [2.05, 4.69) is 9.98 Å². The molecule has 0 bridgehead atoms. The Labute approximate surface area is 166 Å². The van der Waals surface area contributed by atoms with Gasteiger partial charge < -0.3 is 9.15 Å². The molecule has 0 saturated heterocycles. The first-order valence-corrected chi connectivity index (χ1v) is 8.92. The highest BCUT2D eigenvalue weighted by molar-refractivity contribution is 6.42. The molecule has 0 unspecified atom stereocenters. The largest absolute Gasteiger partial charge is 0.497 e. The summed E-state index contributed by atoms with van der Waals surface area (Å²) in [6, 6.07) is 18.5. The van der Waals surface area contributed by atoms with Gasteiger partial charge in [0.1, 0.15) is 11.3 Å². The summed E-state index contributed by atoms with van der Waals surface area (Å²) < 4.78 is 11.0. The minimum Gasteiger partial charge on any atom is -0.497 e. The van der Waals surface area contributed by atoms with Gasteiger partial charge in [0.05, 0.1) is 22.8 Å². The van der Waals surface area contributed by atoms with Crippen LogP contribution in [0.3, 0.4) is 0 Å². The van der Waals surface area contributed by atoms with Crippen molar-refractivity contribution in [2.75, 3.05) is 7.11 Å². The number of hydrogen-bond donors (Lipinski definition) is 0. The standard InChI is InChI=1S/C21H14Cl2N2O2/c1-26-16-6-3-14(4-7-16)21-25-19-11-15(5-9-20(19)27-21)24-12-13-2-8-17(22)18(23)10-13/h2-12H,1H3. The van der Waals surface area contributed by atoms with Gasteiger partial charge in [-0.3, -0.25) is 4.99 Å². The number of aliphatic imine (C=N–C) groups is 1. The van der Waals surface area contributed by atoms with Gasteiger partial charge in [-0.2, -0.15) is 0 Å². The Bertz CT molecular complexity index is 1130. The lowest BCUT2D eigenvalue weighted by molar-refractivity contribution is 0.415. The molecule has 1 aromatic heterocycles. The molecule has 0 aliphatic rings. The van der Waals surface area contributed by atoms with E-state index >= 15 is 0 Å². The average Bonchev–Trinajstić information content (AvgIpc) is 3.12. The first kappa shape index (κ1) is 17.6. The summed E-state index contributed by atoms with van der Waals surface area (Å²) in [5, 5.41) is 1.01. The van der Waals surface area contributed by atoms with Crippen molar-refractivity contribution in [3.63, 3.8) is 0 Å². The van der Waals surface area contributed by atoms with Gasteiger partial charge >= 0.3 is 0 Å². The molecule has 0 aliphatic heterocycles. The van der Waals surface area contributed by atoms with Crippen LogP contribution >= 0.6 is 23.2 Å². The maximum Gasteiger partial charge on any atom is 0.227 e. The average molecular weight is 397 g/mol. The summed E-state index contributed by atoms with van der Waals surface area (Å²) >= 11 is 12.0. The van der Waals surface area contributed by atoms with Gasteiger partial charge in [-0.1, -0.05) is 29.3 Å². The molecular weight excluding hydrogens is 383 g/mol. The third-order valence-electron chi connectivity index (χ3n) is 4.01. The molecule has 3 aromatic carbocycles. The van der Waals surface area contributed by atoms with Crippen molar-refractivity contribution < 1.29 is 9.15 Å².